The fourth-order valence-electron chi connectivity index (χ4n) is 2.10. The van der Waals surface area contributed by atoms with Crippen LogP contribution in [-0.2, 0) is 0 Å². The summed E-state index contributed by atoms with van der Waals surface area (Å²) >= 11 is 3.39. The number of aromatic nitrogens is 1. The molecular formula is C12H16BrNO. The molecule has 0 aromatic carbocycles. The summed E-state index contributed by atoms with van der Waals surface area (Å²) in [6.45, 7) is 3.12. The molecule has 0 bridgehead atoms. The van der Waals surface area contributed by atoms with E-state index >= 15 is 0 Å². The van der Waals surface area contributed by atoms with Gasteiger partial charge < -0.3 is 4.74 Å². The molecule has 0 N–H and O–H groups in total. The van der Waals surface area contributed by atoms with Gasteiger partial charge in [0.15, 0.2) is 0 Å². The summed E-state index contributed by atoms with van der Waals surface area (Å²) < 4.78 is 6.75. The minimum Gasteiger partial charge on any atom is -0.491 e. The number of halogens is 1. The lowest BCUT2D eigenvalue weighted by atomic mass is 9.90. The van der Waals surface area contributed by atoms with E-state index in [-0.39, 0.29) is 0 Å². The predicted molar refractivity (Wildman–Crippen MR) is 64.0 cm³/mol. The summed E-state index contributed by atoms with van der Waals surface area (Å²) in [4.78, 5) is 4.08. The Morgan fingerprint density at radius 2 is 2.13 bits per heavy atom. The van der Waals surface area contributed by atoms with Crippen LogP contribution in [0.3, 0.4) is 0 Å². The molecule has 0 amide bonds. The fourth-order valence-corrected chi connectivity index (χ4v) is 2.45. The van der Waals surface area contributed by atoms with Crippen LogP contribution in [0.25, 0.3) is 0 Å². The van der Waals surface area contributed by atoms with Crippen molar-refractivity contribution < 1.29 is 4.74 Å². The molecule has 1 aromatic rings. The zero-order valence-electron chi connectivity index (χ0n) is 9.00. The molecule has 0 saturated heterocycles. The minimum absolute atomic E-state index is 0.377. The lowest BCUT2D eigenvalue weighted by Gasteiger charge is -2.23. The van der Waals surface area contributed by atoms with E-state index in [2.05, 4.69) is 27.8 Å². The Morgan fingerprint density at radius 1 is 1.40 bits per heavy atom. The molecule has 0 radical (unpaired) electrons. The van der Waals surface area contributed by atoms with E-state index in [1.54, 1.807) is 12.4 Å². The third-order valence-electron chi connectivity index (χ3n) is 3.08. The van der Waals surface area contributed by atoms with E-state index in [4.69, 9.17) is 4.74 Å². The molecular weight excluding hydrogens is 254 g/mol. The Balaban J connectivity index is 1.92. The molecule has 2 rings (SSSR count). The van der Waals surface area contributed by atoms with Crippen molar-refractivity contribution in [1.82, 2.24) is 4.98 Å². The zero-order valence-corrected chi connectivity index (χ0v) is 10.6. The van der Waals surface area contributed by atoms with Gasteiger partial charge in [0, 0.05) is 16.1 Å². The topological polar surface area (TPSA) is 22.1 Å². The van der Waals surface area contributed by atoms with Crippen molar-refractivity contribution in [3.05, 3.63) is 22.9 Å². The van der Waals surface area contributed by atoms with Gasteiger partial charge in [0.2, 0.25) is 0 Å². The van der Waals surface area contributed by atoms with Gasteiger partial charge in [-0.15, -0.1) is 0 Å². The van der Waals surface area contributed by atoms with Crippen molar-refractivity contribution in [1.29, 1.82) is 0 Å². The molecule has 0 spiro atoms. The second-order valence-corrected chi connectivity index (χ2v) is 5.56. The summed E-state index contributed by atoms with van der Waals surface area (Å²) in [5.74, 6) is 0.859. The van der Waals surface area contributed by atoms with Gasteiger partial charge in [0.05, 0.1) is 12.8 Å². The molecule has 1 heterocycles. The quantitative estimate of drug-likeness (QED) is 0.833. The van der Waals surface area contributed by atoms with Crippen molar-refractivity contribution in [3.63, 3.8) is 0 Å². The van der Waals surface area contributed by atoms with E-state index in [0.717, 1.165) is 16.8 Å². The summed E-state index contributed by atoms with van der Waals surface area (Å²) in [7, 11) is 0. The molecule has 82 valence electrons. The zero-order chi connectivity index (χ0) is 10.7. The maximum atomic E-state index is 5.78. The molecule has 0 aliphatic heterocycles. The van der Waals surface area contributed by atoms with Crippen molar-refractivity contribution in [3.8, 4) is 5.75 Å². The highest BCUT2D eigenvalue weighted by atomic mass is 79.9. The van der Waals surface area contributed by atoms with E-state index < -0.39 is 0 Å². The normalized spacial score (nSPS) is 19.1. The SMILES string of the molecule is CC1(COc2cncc(Br)c2)CCCC1. The molecule has 0 atom stereocenters. The predicted octanol–water partition coefficient (Wildman–Crippen LogP) is 3.80. The Hall–Kier alpha value is -0.570. The first kappa shape index (κ1) is 10.9. The highest BCUT2D eigenvalue weighted by Gasteiger charge is 2.29. The van der Waals surface area contributed by atoms with Crippen molar-refractivity contribution in [2.45, 2.75) is 32.6 Å². The first-order chi connectivity index (χ1) is 7.18. The van der Waals surface area contributed by atoms with Crippen LogP contribution >= 0.6 is 15.9 Å². The first-order valence-corrected chi connectivity index (χ1v) is 6.21. The van der Waals surface area contributed by atoms with Gasteiger partial charge in [-0.3, -0.25) is 4.98 Å². The smallest absolute Gasteiger partial charge is 0.138 e. The molecule has 1 aromatic heterocycles. The highest BCUT2D eigenvalue weighted by Crippen LogP contribution is 2.37. The Kier molecular flexibility index (Phi) is 3.29. The van der Waals surface area contributed by atoms with Crippen LogP contribution in [-0.4, -0.2) is 11.6 Å². The molecule has 1 aliphatic carbocycles. The van der Waals surface area contributed by atoms with Crippen LogP contribution in [0, 0.1) is 5.41 Å². The Labute approximate surface area is 99.2 Å². The van der Waals surface area contributed by atoms with Crippen LogP contribution < -0.4 is 4.74 Å². The van der Waals surface area contributed by atoms with Crippen LogP contribution in [0.1, 0.15) is 32.6 Å². The van der Waals surface area contributed by atoms with Gasteiger partial charge in [0.1, 0.15) is 5.75 Å². The summed E-state index contributed by atoms with van der Waals surface area (Å²) in [5, 5.41) is 0. The number of ether oxygens (including phenoxy) is 1. The van der Waals surface area contributed by atoms with E-state index in [0.29, 0.717) is 5.41 Å². The van der Waals surface area contributed by atoms with Crippen molar-refractivity contribution in [2.24, 2.45) is 5.41 Å². The second kappa shape index (κ2) is 4.52. The third-order valence-corrected chi connectivity index (χ3v) is 3.51. The number of hydrogen-bond acceptors (Lipinski definition) is 2. The van der Waals surface area contributed by atoms with E-state index in [1.807, 2.05) is 6.07 Å². The van der Waals surface area contributed by atoms with E-state index in [1.165, 1.54) is 25.7 Å². The van der Waals surface area contributed by atoms with Gasteiger partial charge in [-0.2, -0.15) is 0 Å². The average molecular weight is 270 g/mol. The van der Waals surface area contributed by atoms with Crippen LogP contribution in [0.2, 0.25) is 0 Å². The molecule has 2 nitrogen and oxygen atoms in total. The maximum absolute atomic E-state index is 5.78. The minimum atomic E-state index is 0.377. The summed E-state index contributed by atoms with van der Waals surface area (Å²) in [5.41, 5.74) is 0.377. The number of nitrogens with zero attached hydrogens (tertiary/aromatic N) is 1. The number of hydrogen-bond donors (Lipinski definition) is 0. The Morgan fingerprint density at radius 3 is 2.80 bits per heavy atom. The third kappa shape index (κ3) is 2.94. The molecule has 0 unspecified atom stereocenters. The van der Waals surface area contributed by atoms with Crippen LogP contribution in [0.5, 0.6) is 5.75 Å². The average Bonchev–Trinajstić information content (AvgIpc) is 2.63. The first-order valence-electron chi connectivity index (χ1n) is 5.41. The van der Waals surface area contributed by atoms with Gasteiger partial charge in [-0.25, -0.2) is 0 Å². The molecule has 15 heavy (non-hydrogen) atoms. The van der Waals surface area contributed by atoms with E-state index in [9.17, 15) is 0 Å². The maximum Gasteiger partial charge on any atom is 0.138 e. The van der Waals surface area contributed by atoms with Gasteiger partial charge in [0.25, 0.3) is 0 Å². The molecule has 3 heteroatoms. The van der Waals surface area contributed by atoms with Gasteiger partial charge >= 0.3 is 0 Å². The molecule has 1 fully saturated rings. The lowest BCUT2D eigenvalue weighted by Crippen LogP contribution is -2.21. The van der Waals surface area contributed by atoms with Crippen molar-refractivity contribution >= 4 is 15.9 Å². The fraction of sp³-hybridized carbons (Fsp3) is 0.583. The summed E-state index contributed by atoms with van der Waals surface area (Å²) in [6.07, 6.45) is 8.79. The van der Waals surface area contributed by atoms with Crippen LogP contribution in [0.4, 0.5) is 0 Å². The standard InChI is InChI=1S/C12H16BrNO/c1-12(4-2-3-5-12)9-15-11-6-10(13)7-14-8-11/h6-8H,2-5,9H2,1H3. The van der Waals surface area contributed by atoms with Crippen LogP contribution in [0.15, 0.2) is 22.9 Å². The number of pyridine rings is 1. The lowest BCUT2D eigenvalue weighted by molar-refractivity contribution is 0.167. The van der Waals surface area contributed by atoms with Crippen molar-refractivity contribution in [2.75, 3.05) is 6.61 Å². The molecule has 1 saturated carbocycles. The molecule has 1 aliphatic rings. The number of rotatable bonds is 3. The second-order valence-electron chi connectivity index (χ2n) is 4.65. The Bertz CT molecular complexity index is 334. The summed E-state index contributed by atoms with van der Waals surface area (Å²) in [6, 6.07) is 1.96. The largest absolute Gasteiger partial charge is 0.491 e. The van der Waals surface area contributed by atoms with Gasteiger partial charge in [-0.1, -0.05) is 19.8 Å². The monoisotopic (exact) mass is 269 g/mol. The van der Waals surface area contributed by atoms with Gasteiger partial charge in [-0.05, 0) is 34.8 Å². The highest BCUT2D eigenvalue weighted by molar-refractivity contribution is 9.10.